The van der Waals surface area contributed by atoms with Crippen molar-refractivity contribution in [2.45, 2.75) is 18.0 Å². The molecule has 3 N–H and O–H groups in total. The highest BCUT2D eigenvalue weighted by molar-refractivity contribution is 7.89. The quantitative estimate of drug-likeness (QED) is 0.870. The van der Waals surface area contributed by atoms with E-state index < -0.39 is 10.0 Å². The van der Waals surface area contributed by atoms with Gasteiger partial charge in [0.25, 0.3) is 0 Å². The van der Waals surface area contributed by atoms with Gasteiger partial charge < -0.3 is 5.73 Å². The highest BCUT2D eigenvalue weighted by Gasteiger charge is 2.19. The Bertz CT molecular complexity index is 737. The Morgan fingerprint density at radius 2 is 2.00 bits per heavy atom. The maximum atomic E-state index is 12.3. The predicted octanol–water partition coefficient (Wildman–Crippen LogP) is 2.33. The number of nitrogens with two attached hydrogens (primary N) is 1. The second-order valence-corrected chi connectivity index (χ2v) is 6.81. The van der Waals surface area contributed by atoms with Crippen molar-refractivity contribution in [3.63, 3.8) is 0 Å². The molecule has 0 amide bonds. The molecule has 8 heteroatoms. The van der Waals surface area contributed by atoms with Crippen LogP contribution in [0.5, 0.6) is 0 Å². The first-order valence-corrected chi connectivity index (χ1v) is 8.24. The van der Waals surface area contributed by atoms with E-state index >= 15 is 0 Å². The summed E-state index contributed by atoms with van der Waals surface area (Å²) in [6, 6.07) is 6.26. The normalized spacial score (nSPS) is 11.6. The van der Waals surface area contributed by atoms with Gasteiger partial charge in [-0.3, -0.25) is 4.98 Å². The van der Waals surface area contributed by atoms with Crippen LogP contribution in [0.3, 0.4) is 0 Å². The predicted molar refractivity (Wildman–Crippen MR) is 82.6 cm³/mol. The minimum absolute atomic E-state index is 0.0436. The number of benzene rings is 1. The molecular formula is C13H13Cl2N3O2S. The van der Waals surface area contributed by atoms with E-state index in [-0.39, 0.29) is 23.0 Å². The third-order valence-corrected chi connectivity index (χ3v) is 5.02. The fourth-order valence-electron chi connectivity index (χ4n) is 1.69. The summed E-state index contributed by atoms with van der Waals surface area (Å²) in [7, 11) is -3.76. The highest BCUT2D eigenvalue weighted by atomic mass is 35.5. The molecule has 0 atom stereocenters. The number of sulfonamides is 1. The zero-order valence-electron chi connectivity index (χ0n) is 10.9. The van der Waals surface area contributed by atoms with Crippen LogP contribution in [0.2, 0.25) is 10.0 Å². The fraction of sp³-hybridized carbons (Fsp3) is 0.154. The molecule has 0 radical (unpaired) electrons. The smallest absolute Gasteiger partial charge is 0.242 e. The van der Waals surface area contributed by atoms with Crippen molar-refractivity contribution in [2.24, 2.45) is 5.73 Å². The van der Waals surface area contributed by atoms with E-state index in [2.05, 4.69) is 9.71 Å². The minimum Gasteiger partial charge on any atom is -0.326 e. The van der Waals surface area contributed by atoms with E-state index in [0.717, 1.165) is 5.56 Å². The molecule has 1 aromatic heterocycles. The SMILES string of the molecule is NCc1cc(S(=O)(=O)NCc2cccnc2)c(Cl)cc1Cl. The summed E-state index contributed by atoms with van der Waals surface area (Å²) in [5.41, 5.74) is 6.78. The largest absolute Gasteiger partial charge is 0.326 e. The lowest BCUT2D eigenvalue weighted by Crippen LogP contribution is -2.24. The Hall–Kier alpha value is -1.18. The number of pyridine rings is 1. The topological polar surface area (TPSA) is 85.1 Å². The van der Waals surface area contributed by atoms with Crippen molar-refractivity contribution in [1.29, 1.82) is 0 Å². The molecule has 0 bridgehead atoms. The van der Waals surface area contributed by atoms with Crippen molar-refractivity contribution < 1.29 is 8.42 Å². The van der Waals surface area contributed by atoms with Gasteiger partial charge in [0.2, 0.25) is 10.0 Å². The number of aromatic nitrogens is 1. The average Bonchev–Trinajstić information content (AvgIpc) is 2.46. The lowest BCUT2D eigenvalue weighted by molar-refractivity contribution is 0.581. The minimum atomic E-state index is -3.76. The lowest BCUT2D eigenvalue weighted by atomic mass is 10.2. The number of nitrogens with zero attached hydrogens (tertiary/aromatic N) is 1. The molecule has 1 heterocycles. The van der Waals surface area contributed by atoms with Crippen LogP contribution < -0.4 is 10.5 Å². The van der Waals surface area contributed by atoms with E-state index in [1.54, 1.807) is 24.5 Å². The van der Waals surface area contributed by atoms with E-state index in [9.17, 15) is 8.42 Å². The second-order valence-electron chi connectivity index (χ2n) is 4.26. The Morgan fingerprint density at radius 3 is 2.62 bits per heavy atom. The first-order chi connectivity index (χ1) is 9.94. The summed E-state index contributed by atoms with van der Waals surface area (Å²) < 4.78 is 27.1. The van der Waals surface area contributed by atoms with Crippen molar-refractivity contribution in [3.05, 3.63) is 57.8 Å². The molecule has 0 aliphatic rings. The number of hydrogen-bond acceptors (Lipinski definition) is 4. The van der Waals surface area contributed by atoms with Gasteiger partial charge in [-0.2, -0.15) is 0 Å². The summed E-state index contributed by atoms with van der Waals surface area (Å²) in [6.45, 7) is 0.244. The Labute approximate surface area is 133 Å². The van der Waals surface area contributed by atoms with Crippen LogP contribution in [0.4, 0.5) is 0 Å². The maximum absolute atomic E-state index is 12.3. The molecule has 0 aliphatic carbocycles. The highest BCUT2D eigenvalue weighted by Crippen LogP contribution is 2.28. The summed E-state index contributed by atoms with van der Waals surface area (Å²) in [5, 5.41) is 0.393. The third kappa shape index (κ3) is 3.93. The van der Waals surface area contributed by atoms with Crippen LogP contribution in [-0.2, 0) is 23.1 Å². The molecule has 0 unspecified atom stereocenters. The van der Waals surface area contributed by atoms with Gasteiger partial charge in [0.1, 0.15) is 4.90 Å². The van der Waals surface area contributed by atoms with E-state index in [4.69, 9.17) is 28.9 Å². The summed E-state index contributed by atoms with van der Waals surface area (Å²) in [5.74, 6) is 0. The molecule has 1 aromatic carbocycles. The van der Waals surface area contributed by atoms with Gasteiger partial charge in [-0.25, -0.2) is 13.1 Å². The Morgan fingerprint density at radius 1 is 1.24 bits per heavy atom. The molecule has 0 aliphatic heterocycles. The fourth-order valence-corrected chi connectivity index (χ4v) is 3.58. The zero-order valence-corrected chi connectivity index (χ0v) is 13.2. The van der Waals surface area contributed by atoms with Crippen molar-refractivity contribution >= 4 is 33.2 Å². The van der Waals surface area contributed by atoms with Crippen LogP contribution in [-0.4, -0.2) is 13.4 Å². The number of rotatable bonds is 5. The van der Waals surface area contributed by atoms with Crippen LogP contribution in [0, 0.1) is 0 Å². The maximum Gasteiger partial charge on any atom is 0.242 e. The first kappa shape index (κ1) is 16.2. The van der Waals surface area contributed by atoms with Crippen LogP contribution in [0.25, 0.3) is 0 Å². The van der Waals surface area contributed by atoms with Crippen LogP contribution >= 0.6 is 23.2 Å². The van der Waals surface area contributed by atoms with Crippen LogP contribution in [0.15, 0.2) is 41.6 Å². The van der Waals surface area contributed by atoms with Crippen molar-refractivity contribution in [3.8, 4) is 0 Å². The molecule has 0 saturated carbocycles. The van der Waals surface area contributed by atoms with Gasteiger partial charge in [-0.15, -0.1) is 0 Å². The van der Waals surface area contributed by atoms with Gasteiger partial charge in [0, 0.05) is 30.5 Å². The van der Waals surface area contributed by atoms with Gasteiger partial charge in [0.15, 0.2) is 0 Å². The van der Waals surface area contributed by atoms with Crippen molar-refractivity contribution in [2.75, 3.05) is 0 Å². The van der Waals surface area contributed by atoms with Gasteiger partial charge in [0.05, 0.1) is 5.02 Å². The van der Waals surface area contributed by atoms with E-state index in [1.807, 2.05) is 0 Å². The summed E-state index contributed by atoms with van der Waals surface area (Å²) in [6.07, 6.45) is 3.19. The zero-order chi connectivity index (χ0) is 15.5. The Kier molecular flexibility index (Phi) is 5.18. The molecular weight excluding hydrogens is 333 g/mol. The molecule has 0 spiro atoms. The summed E-state index contributed by atoms with van der Waals surface area (Å²) >= 11 is 11.9. The van der Waals surface area contributed by atoms with Gasteiger partial charge in [-0.05, 0) is 29.3 Å². The van der Waals surface area contributed by atoms with E-state index in [0.29, 0.717) is 10.6 Å². The van der Waals surface area contributed by atoms with Gasteiger partial charge in [-0.1, -0.05) is 29.3 Å². The first-order valence-electron chi connectivity index (χ1n) is 6.00. The standard InChI is InChI=1S/C13H13Cl2N3O2S/c14-11-5-12(15)13(4-10(11)6-16)21(19,20)18-8-9-2-1-3-17-7-9/h1-5,7,18H,6,8,16H2. The molecule has 112 valence electrons. The third-order valence-electron chi connectivity index (χ3n) is 2.80. The van der Waals surface area contributed by atoms with Crippen LogP contribution in [0.1, 0.15) is 11.1 Å². The second kappa shape index (κ2) is 6.72. The van der Waals surface area contributed by atoms with E-state index in [1.165, 1.54) is 12.1 Å². The number of hydrogen-bond donors (Lipinski definition) is 2. The Balaban J connectivity index is 2.27. The molecule has 5 nitrogen and oxygen atoms in total. The molecule has 0 fully saturated rings. The number of nitrogens with one attached hydrogen (secondary N) is 1. The molecule has 2 aromatic rings. The van der Waals surface area contributed by atoms with Crippen molar-refractivity contribution in [1.82, 2.24) is 9.71 Å². The number of halogens is 2. The lowest BCUT2D eigenvalue weighted by Gasteiger charge is -2.11. The van der Waals surface area contributed by atoms with Gasteiger partial charge >= 0.3 is 0 Å². The summed E-state index contributed by atoms with van der Waals surface area (Å²) in [4.78, 5) is 3.88. The molecule has 2 rings (SSSR count). The molecule has 21 heavy (non-hydrogen) atoms. The monoisotopic (exact) mass is 345 g/mol. The average molecular weight is 346 g/mol. The molecule has 0 saturated heterocycles.